The van der Waals surface area contributed by atoms with Crippen LogP contribution in [-0.2, 0) is 21.4 Å². The Balaban J connectivity index is 1.52. The predicted molar refractivity (Wildman–Crippen MR) is 108 cm³/mol. The molecule has 1 aliphatic rings. The van der Waals surface area contributed by atoms with Crippen molar-refractivity contribution in [3.63, 3.8) is 0 Å². The number of pyridine rings is 1. The standard InChI is InChI=1S/C17H21BrN4O3S2/c1-20(27(24,25)15-3-2-6-19-11-15)13-17(23)22-9-7-21(8-10-22)12-14-4-5-16(18)26-14/h2-6,11H,7-10,12-13H2,1H3. The molecule has 0 bridgehead atoms. The lowest BCUT2D eigenvalue weighted by molar-refractivity contribution is -0.133. The molecular formula is C17H21BrN4O3S2. The van der Waals surface area contributed by atoms with E-state index in [9.17, 15) is 13.2 Å². The number of carbonyl (C=O) groups excluding carboxylic acids is 1. The number of carbonyl (C=O) groups is 1. The molecule has 3 heterocycles. The van der Waals surface area contributed by atoms with Crippen LogP contribution >= 0.6 is 27.3 Å². The van der Waals surface area contributed by atoms with Gasteiger partial charge >= 0.3 is 0 Å². The maximum atomic E-state index is 12.5. The van der Waals surface area contributed by atoms with Gasteiger partial charge in [-0.3, -0.25) is 14.7 Å². The van der Waals surface area contributed by atoms with E-state index in [1.807, 2.05) is 6.07 Å². The second-order valence-electron chi connectivity index (χ2n) is 6.31. The Kier molecular flexibility index (Phi) is 6.64. The van der Waals surface area contributed by atoms with Crippen molar-refractivity contribution in [2.24, 2.45) is 0 Å². The Morgan fingerprint density at radius 2 is 2.00 bits per heavy atom. The summed E-state index contributed by atoms with van der Waals surface area (Å²) >= 11 is 5.18. The van der Waals surface area contributed by atoms with Crippen molar-refractivity contribution in [1.82, 2.24) is 19.1 Å². The van der Waals surface area contributed by atoms with Gasteiger partial charge in [-0.25, -0.2) is 8.42 Å². The van der Waals surface area contributed by atoms with Crippen LogP contribution in [0.3, 0.4) is 0 Å². The van der Waals surface area contributed by atoms with Crippen LogP contribution in [0, 0.1) is 0 Å². The number of aromatic nitrogens is 1. The van der Waals surface area contributed by atoms with Crippen LogP contribution in [0.1, 0.15) is 4.88 Å². The van der Waals surface area contributed by atoms with E-state index < -0.39 is 10.0 Å². The van der Waals surface area contributed by atoms with Crippen LogP contribution in [0.2, 0.25) is 0 Å². The smallest absolute Gasteiger partial charge is 0.244 e. The largest absolute Gasteiger partial charge is 0.339 e. The zero-order valence-corrected chi connectivity index (χ0v) is 18.1. The number of nitrogens with zero attached hydrogens (tertiary/aromatic N) is 4. The summed E-state index contributed by atoms with van der Waals surface area (Å²) in [4.78, 5) is 21.8. The van der Waals surface area contributed by atoms with E-state index in [4.69, 9.17) is 0 Å². The third-order valence-electron chi connectivity index (χ3n) is 4.43. The van der Waals surface area contributed by atoms with Gasteiger partial charge in [-0.1, -0.05) is 0 Å². The van der Waals surface area contributed by atoms with E-state index in [1.54, 1.807) is 22.3 Å². The van der Waals surface area contributed by atoms with Crippen molar-refractivity contribution >= 4 is 43.2 Å². The van der Waals surface area contributed by atoms with Crippen molar-refractivity contribution in [1.29, 1.82) is 0 Å². The zero-order valence-electron chi connectivity index (χ0n) is 14.9. The van der Waals surface area contributed by atoms with Gasteiger partial charge in [0.2, 0.25) is 15.9 Å². The van der Waals surface area contributed by atoms with Crippen LogP contribution in [0.15, 0.2) is 45.3 Å². The van der Waals surface area contributed by atoms with Gasteiger partial charge in [0.05, 0.1) is 10.3 Å². The minimum Gasteiger partial charge on any atom is -0.339 e. The molecule has 0 aromatic carbocycles. The fourth-order valence-electron chi connectivity index (χ4n) is 2.87. The van der Waals surface area contributed by atoms with Crippen LogP contribution in [0.25, 0.3) is 0 Å². The van der Waals surface area contributed by atoms with Crippen molar-refractivity contribution in [3.05, 3.63) is 45.3 Å². The fraction of sp³-hybridized carbons (Fsp3) is 0.412. The average Bonchev–Trinajstić information content (AvgIpc) is 3.07. The summed E-state index contributed by atoms with van der Waals surface area (Å²) in [7, 11) is -2.29. The lowest BCUT2D eigenvalue weighted by Gasteiger charge is -2.35. The first-order chi connectivity index (χ1) is 12.9. The maximum Gasteiger partial charge on any atom is 0.244 e. The number of thiophene rings is 1. The average molecular weight is 473 g/mol. The van der Waals surface area contributed by atoms with E-state index in [0.717, 1.165) is 27.7 Å². The van der Waals surface area contributed by atoms with Crippen molar-refractivity contribution in [2.75, 3.05) is 39.8 Å². The third-order valence-corrected chi connectivity index (χ3v) is 7.83. The van der Waals surface area contributed by atoms with Gasteiger partial charge in [0, 0.05) is 57.0 Å². The Morgan fingerprint density at radius 1 is 1.26 bits per heavy atom. The van der Waals surface area contributed by atoms with Gasteiger partial charge in [-0.2, -0.15) is 4.31 Å². The zero-order chi connectivity index (χ0) is 19.4. The van der Waals surface area contributed by atoms with Crippen molar-refractivity contribution in [2.45, 2.75) is 11.4 Å². The molecule has 146 valence electrons. The fourth-order valence-corrected chi connectivity index (χ4v) is 5.48. The molecule has 0 aliphatic carbocycles. The third kappa shape index (κ3) is 5.14. The van der Waals surface area contributed by atoms with Crippen LogP contribution < -0.4 is 0 Å². The number of halogens is 1. The molecule has 0 N–H and O–H groups in total. The molecule has 1 fully saturated rings. The van der Waals surface area contributed by atoms with Gasteiger partial charge in [0.15, 0.2) is 0 Å². The molecule has 0 atom stereocenters. The Morgan fingerprint density at radius 3 is 2.59 bits per heavy atom. The highest BCUT2D eigenvalue weighted by molar-refractivity contribution is 9.11. The molecule has 27 heavy (non-hydrogen) atoms. The van der Waals surface area contributed by atoms with E-state index in [2.05, 4.69) is 31.9 Å². The van der Waals surface area contributed by atoms with Crippen LogP contribution in [-0.4, -0.2) is 73.2 Å². The first kappa shape index (κ1) is 20.4. The van der Waals surface area contributed by atoms with Gasteiger partial charge in [-0.15, -0.1) is 11.3 Å². The summed E-state index contributed by atoms with van der Waals surface area (Å²) in [5.41, 5.74) is 0. The molecule has 0 unspecified atom stereocenters. The molecule has 10 heteroatoms. The minimum atomic E-state index is -3.71. The lowest BCUT2D eigenvalue weighted by atomic mass is 10.3. The lowest BCUT2D eigenvalue weighted by Crippen LogP contribution is -2.51. The summed E-state index contributed by atoms with van der Waals surface area (Å²) < 4.78 is 27.2. The predicted octanol–water partition coefficient (Wildman–Crippen LogP) is 1.87. The topological polar surface area (TPSA) is 73.8 Å². The van der Waals surface area contributed by atoms with Gasteiger partial charge in [-0.05, 0) is 40.2 Å². The van der Waals surface area contributed by atoms with E-state index >= 15 is 0 Å². The maximum absolute atomic E-state index is 12.5. The summed E-state index contributed by atoms with van der Waals surface area (Å²) in [5, 5.41) is 0. The number of hydrogen-bond acceptors (Lipinski definition) is 6. The Bertz CT molecular complexity index is 881. The molecule has 0 saturated carbocycles. The second-order valence-corrected chi connectivity index (χ2v) is 10.9. The molecule has 1 amide bonds. The minimum absolute atomic E-state index is 0.0900. The first-order valence-corrected chi connectivity index (χ1v) is 11.5. The van der Waals surface area contributed by atoms with Crippen LogP contribution in [0.4, 0.5) is 0 Å². The highest BCUT2D eigenvalue weighted by Gasteiger charge is 2.27. The van der Waals surface area contributed by atoms with Gasteiger partial charge in [0.25, 0.3) is 0 Å². The molecule has 2 aromatic rings. The highest BCUT2D eigenvalue weighted by Crippen LogP contribution is 2.23. The van der Waals surface area contributed by atoms with Crippen LogP contribution in [0.5, 0.6) is 0 Å². The Labute approximate surface area is 171 Å². The molecule has 7 nitrogen and oxygen atoms in total. The number of rotatable bonds is 6. The number of amides is 1. The number of sulfonamides is 1. The number of likely N-dealkylation sites (N-methyl/N-ethyl adjacent to an activating group) is 1. The molecule has 0 radical (unpaired) electrons. The van der Waals surface area contributed by atoms with E-state index in [0.29, 0.717) is 13.1 Å². The Hall–Kier alpha value is -1.33. The highest BCUT2D eigenvalue weighted by atomic mass is 79.9. The van der Waals surface area contributed by atoms with Crippen molar-refractivity contribution in [3.8, 4) is 0 Å². The molecule has 2 aromatic heterocycles. The summed E-state index contributed by atoms with van der Waals surface area (Å²) in [6.45, 7) is 3.46. The van der Waals surface area contributed by atoms with Gasteiger partial charge < -0.3 is 4.90 Å². The molecule has 1 aliphatic heterocycles. The molecular weight excluding hydrogens is 452 g/mol. The van der Waals surface area contributed by atoms with Crippen molar-refractivity contribution < 1.29 is 13.2 Å². The molecule has 0 spiro atoms. The molecule has 1 saturated heterocycles. The number of piperazine rings is 1. The monoisotopic (exact) mass is 472 g/mol. The quantitative estimate of drug-likeness (QED) is 0.641. The van der Waals surface area contributed by atoms with E-state index in [-0.39, 0.29) is 17.3 Å². The first-order valence-electron chi connectivity index (χ1n) is 8.47. The summed E-state index contributed by atoms with van der Waals surface area (Å²) in [5.74, 6) is -0.177. The molecule has 3 rings (SSSR count). The SMILES string of the molecule is CN(CC(=O)N1CCN(Cc2ccc(Br)s2)CC1)S(=O)(=O)c1cccnc1. The van der Waals surface area contributed by atoms with E-state index in [1.165, 1.54) is 30.4 Å². The van der Waals surface area contributed by atoms with Gasteiger partial charge in [0.1, 0.15) is 4.90 Å². The second kappa shape index (κ2) is 8.78. The summed E-state index contributed by atoms with van der Waals surface area (Å²) in [6.07, 6.45) is 2.80. The summed E-state index contributed by atoms with van der Waals surface area (Å²) in [6, 6.07) is 7.18. The normalized spacial score (nSPS) is 16.0. The number of hydrogen-bond donors (Lipinski definition) is 0.